The van der Waals surface area contributed by atoms with Crippen molar-refractivity contribution in [1.29, 1.82) is 0 Å². The van der Waals surface area contributed by atoms with E-state index in [1.54, 1.807) is 30.0 Å². The van der Waals surface area contributed by atoms with E-state index in [-0.39, 0.29) is 11.5 Å². The van der Waals surface area contributed by atoms with Gasteiger partial charge >= 0.3 is 6.36 Å². The Kier molecular flexibility index (Phi) is 7.50. The molecule has 0 unspecified atom stereocenters. The number of methoxy groups -OCH3 is 1. The Balaban J connectivity index is 1.15. The first kappa shape index (κ1) is 26.6. The summed E-state index contributed by atoms with van der Waals surface area (Å²) in [5, 5.41) is 4.46. The van der Waals surface area contributed by atoms with Gasteiger partial charge in [0.15, 0.2) is 5.78 Å². The van der Waals surface area contributed by atoms with Crippen molar-refractivity contribution in [3.63, 3.8) is 0 Å². The van der Waals surface area contributed by atoms with Gasteiger partial charge in [0.05, 0.1) is 23.9 Å². The van der Waals surface area contributed by atoms with Gasteiger partial charge in [-0.2, -0.15) is 5.10 Å². The number of fused-ring (bicyclic) bond motifs is 1. The molecule has 2 aromatic heterocycles. The van der Waals surface area contributed by atoms with Gasteiger partial charge in [-0.3, -0.25) is 4.79 Å². The van der Waals surface area contributed by atoms with Crippen molar-refractivity contribution in [3.8, 4) is 11.5 Å². The smallest absolute Gasteiger partial charge is 0.497 e. The maximum atomic E-state index is 13.1. The number of Topliss-reactive ketones (excluding diaryl/α,β-unsaturated/α-hetero) is 1. The highest BCUT2D eigenvalue weighted by Gasteiger charge is 2.31. The number of alkyl halides is 3. The molecule has 0 aliphatic carbocycles. The third-order valence-corrected chi connectivity index (χ3v) is 7.32. The number of carbonyl (C=O) groups is 1. The average Bonchev–Trinajstić information content (AvgIpc) is 3.26. The van der Waals surface area contributed by atoms with Crippen LogP contribution in [0.2, 0.25) is 0 Å². The van der Waals surface area contributed by atoms with Crippen LogP contribution < -0.4 is 14.4 Å². The lowest BCUT2D eigenvalue weighted by atomic mass is 9.89. The van der Waals surface area contributed by atoms with Gasteiger partial charge in [0.2, 0.25) is 0 Å². The normalized spacial score (nSPS) is 14.5. The second kappa shape index (κ2) is 11.0. The zero-order valence-electron chi connectivity index (χ0n) is 21.9. The minimum absolute atomic E-state index is 0.0555. The Hall–Kier alpha value is -4.01. The van der Waals surface area contributed by atoms with Gasteiger partial charge in [-0.05, 0) is 73.6 Å². The molecule has 5 rings (SSSR count). The molecule has 1 saturated heterocycles. The lowest BCUT2D eigenvalue weighted by molar-refractivity contribution is -0.274. The van der Waals surface area contributed by atoms with Crippen molar-refractivity contribution in [1.82, 2.24) is 9.61 Å². The van der Waals surface area contributed by atoms with E-state index in [1.165, 1.54) is 12.1 Å². The van der Waals surface area contributed by atoms with Crippen LogP contribution in [0.15, 0.2) is 66.9 Å². The summed E-state index contributed by atoms with van der Waals surface area (Å²) in [5.74, 6) is 0.846. The summed E-state index contributed by atoms with van der Waals surface area (Å²) in [6.07, 6.45) is -0.0323. The van der Waals surface area contributed by atoms with Gasteiger partial charge < -0.3 is 14.4 Å². The molecule has 0 saturated carbocycles. The molecule has 2 aromatic carbocycles. The number of benzene rings is 2. The van der Waals surface area contributed by atoms with Crippen molar-refractivity contribution in [2.24, 2.45) is 0 Å². The monoisotopic (exact) mass is 537 g/mol. The number of piperidine rings is 1. The van der Waals surface area contributed by atoms with E-state index < -0.39 is 6.36 Å². The summed E-state index contributed by atoms with van der Waals surface area (Å²) in [6, 6.07) is 18.2. The highest BCUT2D eigenvalue weighted by Crippen LogP contribution is 2.32. The number of aromatic nitrogens is 2. The van der Waals surface area contributed by atoms with E-state index in [1.807, 2.05) is 19.1 Å². The lowest BCUT2D eigenvalue weighted by Crippen LogP contribution is -2.32. The second-order valence-corrected chi connectivity index (χ2v) is 9.82. The minimum Gasteiger partial charge on any atom is -0.497 e. The fourth-order valence-corrected chi connectivity index (χ4v) is 5.28. The number of ether oxygens (including phenoxy) is 2. The number of carbonyl (C=O) groups excluding carboxylic acids is 1. The number of ketones is 1. The standard InChI is InChI=1S/C30H30F3N3O3/c1-20-29(27-19-26(38-2)15-18-36(27)34-20)28(37)12-5-21-3-8-24(9-4-21)35-16-13-23(14-17-35)22-6-10-25(11-7-22)39-30(31,32)33/h3-4,6-11,15,18-19,23H,5,12-14,16-17H2,1-2H3. The molecule has 204 valence electrons. The summed E-state index contributed by atoms with van der Waals surface area (Å²) in [6.45, 7) is 3.57. The SMILES string of the molecule is COc1ccn2nc(C)c(C(=O)CCc3ccc(N4CCC(c5ccc(OC(F)(F)F)cc5)CC4)cc3)c2c1. The maximum Gasteiger partial charge on any atom is 0.573 e. The molecule has 6 nitrogen and oxygen atoms in total. The number of aryl methyl sites for hydroxylation is 2. The number of pyridine rings is 1. The molecule has 0 atom stereocenters. The van der Waals surface area contributed by atoms with Gasteiger partial charge in [0, 0.05) is 37.5 Å². The maximum absolute atomic E-state index is 13.1. The molecule has 1 fully saturated rings. The first-order valence-corrected chi connectivity index (χ1v) is 13.0. The fourth-order valence-electron chi connectivity index (χ4n) is 5.28. The lowest BCUT2D eigenvalue weighted by Gasteiger charge is -2.34. The van der Waals surface area contributed by atoms with Crippen LogP contribution in [0.3, 0.4) is 0 Å². The number of nitrogens with zero attached hydrogens (tertiary/aromatic N) is 3. The predicted molar refractivity (Wildman–Crippen MR) is 143 cm³/mol. The summed E-state index contributed by atoms with van der Waals surface area (Å²) < 4.78 is 48.2. The van der Waals surface area contributed by atoms with Gasteiger partial charge in [-0.15, -0.1) is 13.2 Å². The van der Waals surface area contributed by atoms with E-state index in [2.05, 4.69) is 39.0 Å². The van der Waals surface area contributed by atoms with Crippen molar-refractivity contribution >= 4 is 17.0 Å². The zero-order valence-corrected chi connectivity index (χ0v) is 21.9. The van der Waals surface area contributed by atoms with Crippen LogP contribution in [0.5, 0.6) is 11.5 Å². The fraction of sp³-hybridized carbons (Fsp3) is 0.333. The van der Waals surface area contributed by atoms with Crippen LogP contribution in [0.4, 0.5) is 18.9 Å². The van der Waals surface area contributed by atoms with Crippen LogP contribution in [0.1, 0.15) is 52.4 Å². The highest BCUT2D eigenvalue weighted by atomic mass is 19.4. The zero-order chi connectivity index (χ0) is 27.6. The number of anilines is 1. The molecular formula is C30H30F3N3O3. The third kappa shape index (κ3) is 6.19. The number of halogens is 3. The molecule has 0 spiro atoms. The Bertz CT molecular complexity index is 1440. The summed E-state index contributed by atoms with van der Waals surface area (Å²) in [4.78, 5) is 15.4. The number of rotatable bonds is 8. The Morgan fingerprint density at radius 3 is 2.33 bits per heavy atom. The Labute approximate surface area is 225 Å². The van der Waals surface area contributed by atoms with Crippen LogP contribution in [0.25, 0.3) is 5.52 Å². The topological polar surface area (TPSA) is 56.1 Å². The molecule has 39 heavy (non-hydrogen) atoms. The Morgan fingerprint density at radius 2 is 1.69 bits per heavy atom. The van der Waals surface area contributed by atoms with E-state index in [4.69, 9.17) is 4.74 Å². The molecule has 0 radical (unpaired) electrons. The van der Waals surface area contributed by atoms with Crippen LogP contribution in [-0.4, -0.2) is 42.0 Å². The van der Waals surface area contributed by atoms with Crippen molar-refractivity contribution < 1.29 is 27.4 Å². The average molecular weight is 538 g/mol. The van der Waals surface area contributed by atoms with E-state index in [0.717, 1.165) is 48.3 Å². The van der Waals surface area contributed by atoms with E-state index in [0.29, 0.717) is 35.8 Å². The molecule has 4 aromatic rings. The van der Waals surface area contributed by atoms with Gasteiger partial charge in [0.1, 0.15) is 11.5 Å². The molecule has 9 heteroatoms. The Morgan fingerprint density at radius 1 is 1.00 bits per heavy atom. The molecule has 0 amide bonds. The molecule has 0 bridgehead atoms. The summed E-state index contributed by atoms with van der Waals surface area (Å²) in [7, 11) is 1.60. The largest absolute Gasteiger partial charge is 0.573 e. The second-order valence-electron chi connectivity index (χ2n) is 9.82. The van der Waals surface area contributed by atoms with Crippen LogP contribution in [0, 0.1) is 6.92 Å². The molecular weight excluding hydrogens is 507 g/mol. The van der Waals surface area contributed by atoms with E-state index in [9.17, 15) is 18.0 Å². The molecule has 1 aliphatic heterocycles. The predicted octanol–water partition coefficient (Wildman–Crippen LogP) is 6.75. The number of hydrogen-bond donors (Lipinski definition) is 0. The molecule has 0 N–H and O–H groups in total. The molecule has 3 heterocycles. The van der Waals surface area contributed by atoms with E-state index >= 15 is 0 Å². The summed E-state index contributed by atoms with van der Waals surface area (Å²) >= 11 is 0. The highest BCUT2D eigenvalue weighted by molar-refractivity contribution is 6.03. The first-order valence-electron chi connectivity index (χ1n) is 13.0. The van der Waals surface area contributed by atoms with Gasteiger partial charge in [-0.25, -0.2) is 4.52 Å². The van der Waals surface area contributed by atoms with Crippen LogP contribution >= 0.6 is 0 Å². The van der Waals surface area contributed by atoms with Gasteiger partial charge in [-0.1, -0.05) is 24.3 Å². The quantitative estimate of drug-likeness (QED) is 0.233. The summed E-state index contributed by atoms with van der Waals surface area (Å²) in [5.41, 5.74) is 5.34. The molecule has 1 aliphatic rings. The third-order valence-electron chi connectivity index (χ3n) is 7.32. The van der Waals surface area contributed by atoms with Crippen molar-refractivity contribution in [3.05, 3.63) is 89.2 Å². The van der Waals surface area contributed by atoms with Crippen LogP contribution in [-0.2, 0) is 6.42 Å². The minimum atomic E-state index is -4.68. The van der Waals surface area contributed by atoms with Crippen molar-refractivity contribution in [2.75, 3.05) is 25.1 Å². The van der Waals surface area contributed by atoms with Crippen molar-refractivity contribution in [2.45, 2.75) is 44.9 Å². The number of hydrogen-bond acceptors (Lipinski definition) is 5. The first-order chi connectivity index (χ1) is 18.7. The van der Waals surface area contributed by atoms with Gasteiger partial charge in [0.25, 0.3) is 0 Å².